The zero-order valence-electron chi connectivity index (χ0n) is 8.94. The molecular formula is C12H12FN3. The highest BCUT2D eigenvalue weighted by molar-refractivity contribution is 5.27. The molecular weight excluding hydrogens is 205 g/mol. The Morgan fingerprint density at radius 2 is 1.75 bits per heavy atom. The number of nitrogens with one attached hydrogen (secondary N) is 1. The largest absolute Gasteiger partial charge is 0.350 e. The van der Waals surface area contributed by atoms with E-state index in [2.05, 4.69) is 15.3 Å². The monoisotopic (exact) mass is 217 g/mol. The normalized spacial score (nSPS) is 10.1. The Kier molecular flexibility index (Phi) is 3.10. The van der Waals surface area contributed by atoms with Gasteiger partial charge in [-0.1, -0.05) is 12.1 Å². The van der Waals surface area contributed by atoms with Crippen LogP contribution in [0.5, 0.6) is 0 Å². The lowest BCUT2D eigenvalue weighted by Gasteiger charge is -2.04. The van der Waals surface area contributed by atoms with Crippen LogP contribution in [0.2, 0.25) is 0 Å². The Labute approximate surface area is 93.4 Å². The summed E-state index contributed by atoms with van der Waals surface area (Å²) in [5.41, 5.74) is 2.01. The van der Waals surface area contributed by atoms with Crippen molar-refractivity contribution in [3.05, 3.63) is 53.6 Å². The third-order valence-corrected chi connectivity index (χ3v) is 2.14. The maximum Gasteiger partial charge on any atom is 0.222 e. The van der Waals surface area contributed by atoms with Crippen LogP contribution in [0, 0.1) is 12.7 Å². The topological polar surface area (TPSA) is 37.8 Å². The molecule has 1 N–H and O–H groups in total. The van der Waals surface area contributed by atoms with Crippen LogP contribution in [0.1, 0.15) is 11.1 Å². The number of anilines is 1. The molecule has 82 valence electrons. The Hall–Kier alpha value is -1.97. The van der Waals surface area contributed by atoms with E-state index in [9.17, 15) is 4.39 Å². The molecule has 0 aliphatic rings. The summed E-state index contributed by atoms with van der Waals surface area (Å²) in [5, 5.41) is 3.06. The minimum Gasteiger partial charge on any atom is -0.350 e. The number of rotatable bonds is 3. The molecule has 1 aromatic heterocycles. The summed E-state index contributed by atoms with van der Waals surface area (Å²) in [6.45, 7) is 2.52. The molecule has 0 saturated heterocycles. The van der Waals surface area contributed by atoms with Crippen molar-refractivity contribution in [1.29, 1.82) is 0 Å². The number of aromatic nitrogens is 2. The zero-order valence-corrected chi connectivity index (χ0v) is 8.94. The Balaban J connectivity index is 1.97. The van der Waals surface area contributed by atoms with Crippen LogP contribution in [0.15, 0.2) is 36.7 Å². The molecule has 2 rings (SSSR count). The minimum atomic E-state index is -0.227. The van der Waals surface area contributed by atoms with E-state index < -0.39 is 0 Å². The van der Waals surface area contributed by atoms with Gasteiger partial charge in [0.05, 0.1) is 0 Å². The molecule has 0 aliphatic carbocycles. The molecule has 0 unspecified atom stereocenters. The van der Waals surface area contributed by atoms with E-state index in [1.165, 1.54) is 12.1 Å². The highest BCUT2D eigenvalue weighted by atomic mass is 19.1. The third kappa shape index (κ3) is 2.76. The second-order valence-corrected chi connectivity index (χ2v) is 3.56. The van der Waals surface area contributed by atoms with Gasteiger partial charge in [-0.25, -0.2) is 14.4 Å². The molecule has 4 heteroatoms. The van der Waals surface area contributed by atoms with Crippen molar-refractivity contribution in [2.45, 2.75) is 13.5 Å². The highest BCUT2D eigenvalue weighted by Crippen LogP contribution is 2.05. The van der Waals surface area contributed by atoms with Crippen molar-refractivity contribution in [1.82, 2.24) is 9.97 Å². The van der Waals surface area contributed by atoms with Gasteiger partial charge in [0.25, 0.3) is 0 Å². The van der Waals surface area contributed by atoms with E-state index in [0.29, 0.717) is 12.5 Å². The summed E-state index contributed by atoms with van der Waals surface area (Å²) in [5.74, 6) is 0.352. The molecule has 2 aromatic rings. The van der Waals surface area contributed by atoms with Gasteiger partial charge < -0.3 is 5.32 Å². The van der Waals surface area contributed by atoms with Gasteiger partial charge in [-0.3, -0.25) is 0 Å². The van der Waals surface area contributed by atoms with Gasteiger partial charge in [-0.15, -0.1) is 0 Å². The van der Waals surface area contributed by atoms with E-state index in [4.69, 9.17) is 0 Å². The van der Waals surface area contributed by atoms with Crippen LogP contribution in [0.3, 0.4) is 0 Å². The first-order valence-electron chi connectivity index (χ1n) is 5.01. The first-order chi connectivity index (χ1) is 7.74. The van der Waals surface area contributed by atoms with E-state index in [0.717, 1.165) is 11.1 Å². The van der Waals surface area contributed by atoms with Gasteiger partial charge in [0.1, 0.15) is 5.82 Å². The Morgan fingerprint density at radius 1 is 1.12 bits per heavy atom. The standard InChI is InChI=1S/C12H12FN3/c1-9-6-14-12(15-7-9)16-8-10-2-4-11(13)5-3-10/h2-7H,8H2,1H3,(H,14,15,16). The van der Waals surface area contributed by atoms with Gasteiger partial charge in [0, 0.05) is 18.9 Å². The van der Waals surface area contributed by atoms with Crippen LogP contribution in [-0.2, 0) is 6.54 Å². The molecule has 0 spiro atoms. The number of aryl methyl sites for hydroxylation is 1. The molecule has 0 saturated carbocycles. The molecule has 1 heterocycles. The number of nitrogens with zero attached hydrogens (tertiary/aromatic N) is 2. The summed E-state index contributed by atoms with van der Waals surface area (Å²) in [6, 6.07) is 6.34. The predicted molar refractivity (Wildman–Crippen MR) is 60.5 cm³/mol. The Bertz CT molecular complexity index is 405. The van der Waals surface area contributed by atoms with Crippen molar-refractivity contribution in [3.63, 3.8) is 0 Å². The number of halogens is 1. The molecule has 16 heavy (non-hydrogen) atoms. The summed E-state index contributed by atoms with van der Waals surface area (Å²) in [6.07, 6.45) is 3.50. The van der Waals surface area contributed by atoms with Gasteiger partial charge in [-0.05, 0) is 30.2 Å². The molecule has 0 aliphatic heterocycles. The summed E-state index contributed by atoms with van der Waals surface area (Å²) in [7, 11) is 0. The molecule has 1 aromatic carbocycles. The van der Waals surface area contributed by atoms with Gasteiger partial charge in [0.15, 0.2) is 0 Å². The van der Waals surface area contributed by atoms with Gasteiger partial charge in [-0.2, -0.15) is 0 Å². The van der Waals surface area contributed by atoms with Crippen LogP contribution in [0.4, 0.5) is 10.3 Å². The highest BCUT2D eigenvalue weighted by Gasteiger charge is 1.96. The van der Waals surface area contributed by atoms with E-state index >= 15 is 0 Å². The fourth-order valence-electron chi connectivity index (χ4n) is 1.27. The summed E-state index contributed by atoms with van der Waals surface area (Å²) in [4.78, 5) is 8.23. The quantitative estimate of drug-likeness (QED) is 0.858. The molecule has 3 nitrogen and oxygen atoms in total. The first-order valence-corrected chi connectivity index (χ1v) is 5.01. The fourth-order valence-corrected chi connectivity index (χ4v) is 1.27. The second-order valence-electron chi connectivity index (χ2n) is 3.56. The van der Waals surface area contributed by atoms with Crippen molar-refractivity contribution in [2.75, 3.05) is 5.32 Å². The number of hydrogen-bond acceptors (Lipinski definition) is 3. The molecule has 0 amide bonds. The first kappa shape index (κ1) is 10.5. The molecule has 0 fully saturated rings. The number of hydrogen-bond donors (Lipinski definition) is 1. The second kappa shape index (κ2) is 4.70. The van der Waals surface area contributed by atoms with Gasteiger partial charge in [0.2, 0.25) is 5.95 Å². The lowest BCUT2D eigenvalue weighted by Crippen LogP contribution is -2.03. The third-order valence-electron chi connectivity index (χ3n) is 2.14. The number of benzene rings is 1. The fraction of sp³-hybridized carbons (Fsp3) is 0.167. The van der Waals surface area contributed by atoms with Crippen molar-refractivity contribution in [3.8, 4) is 0 Å². The summed E-state index contributed by atoms with van der Waals surface area (Å²) >= 11 is 0. The SMILES string of the molecule is Cc1cnc(NCc2ccc(F)cc2)nc1. The van der Waals surface area contributed by atoms with Crippen molar-refractivity contribution < 1.29 is 4.39 Å². The Morgan fingerprint density at radius 3 is 2.38 bits per heavy atom. The maximum absolute atomic E-state index is 12.6. The van der Waals surface area contributed by atoms with Gasteiger partial charge >= 0.3 is 0 Å². The lowest BCUT2D eigenvalue weighted by molar-refractivity contribution is 0.627. The van der Waals surface area contributed by atoms with E-state index in [1.54, 1.807) is 24.5 Å². The van der Waals surface area contributed by atoms with E-state index in [-0.39, 0.29) is 5.82 Å². The van der Waals surface area contributed by atoms with Crippen molar-refractivity contribution in [2.24, 2.45) is 0 Å². The molecule has 0 bridgehead atoms. The van der Waals surface area contributed by atoms with Crippen LogP contribution in [-0.4, -0.2) is 9.97 Å². The predicted octanol–water partition coefficient (Wildman–Crippen LogP) is 2.54. The van der Waals surface area contributed by atoms with Crippen LogP contribution < -0.4 is 5.32 Å². The van der Waals surface area contributed by atoms with E-state index in [1.807, 2.05) is 6.92 Å². The molecule has 0 radical (unpaired) electrons. The average Bonchev–Trinajstić information content (AvgIpc) is 2.30. The minimum absolute atomic E-state index is 0.227. The van der Waals surface area contributed by atoms with Crippen molar-refractivity contribution >= 4 is 5.95 Å². The zero-order chi connectivity index (χ0) is 11.4. The van der Waals surface area contributed by atoms with Crippen LogP contribution in [0.25, 0.3) is 0 Å². The average molecular weight is 217 g/mol. The maximum atomic E-state index is 12.6. The lowest BCUT2D eigenvalue weighted by atomic mass is 10.2. The summed E-state index contributed by atoms with van der Waals surface area (Å²) < 4.78 is 12.6. The smallest absolute Gasteiger partial charge is 0.222 e. The molecule has 0 atom stereocenters. The van der Waals surface area contributed by atoms with Crippen LogP contribution >= 0.6 is 0 Å².